The van der Waals surface area contributed by atoms with E-state index in [0.717, 1.165) is 18.4 Å². The quantitative estimate of drug-likeness (QED) is 0.805. The SMILES string of the molecule is COc1ccc(CN(C)CC(=O)C2CCCCC2)cc1F. The Morgan fingerprint density at radius 3 is 2.67 bits per heavy atom. The highest BCUT2D eigenvalue weighted by atomic mass is 19.1. The van der Waals surface area contributed by atoms with Gasteiger partial charge in [0.25, 0.3) is 0 Å². The Kier molecular flexibility index (Phi) is 5.74. The zero-order valence-electron chi connectivity index (χ0n) is 12.9. The summed E-state index contributed by atoms with van der Waals surface area (Å²) in [6.07, 6.45) is 5.66. The maximum atomic E-state index is 13.6. The van der Waals surface area contributed by atoms with Gasteiger partial charge in [0.15, 0.2) is 11.6 Å². The number of hydrogen-bond acceptors (Lipinski definition) is 3. The van der Waals surface area contributed by atoms with Crippen LogP contribution in [0.25, 0.3) is 0 Å². The monoisotopic (exact) mass is 293 g/mol. The molecule has 0 unspecified atom stereocenters. The van der Waals surface area contributed by atoms with E-state index < -0.39 is 0 Å². The smallest absolute Gasteiger partial charge is 0.165 e. The summed E-state index contributed by atoms with van der Waals surface area (Å²) in [5.41, 5.74) is 0.854. The molecule has 1 aliphatic carbocycles. The van der Waals surface area contributed by atoms with Gasteiger partial charge in [-0.2, -0.15) is 0 Å². The first-order chi connectivity index (χ1) is 10.1. The van der Waals surface area contributed by atoms with Crippen LogP contribution in [0.5, 0.6) is 5.75 Å². The van der Waals surface area contributed by atoms with Crippen LogP contribution in [-0.4, -0.2) is 31.4 Å². The number of likely N-dealkylation sites (N-methyl/N-ethyl adjacent to an activating group) is 1. The molecular weight excluding hydrogens is 269 g/mol. The summed E-state index contributed by atoms with van der Waals surface area (Å²) in [5.74, 6) is 0.446. The molecule has 0 saturated heterocycles. The standard InChI is InChI=1S/C17H24FNO2/c1-19(12-16(20)14-6-4-3-5-7-14)11-13-8-9-17(21-2)15(18)10-13/h8-10,14H,3-7,11-12H2,1-2H3. The molecule has 1 aromatic rings. The molecule has 3 nitrogen and oxygen atoms in total. The molecule has 21 heavy (non-hydrogen) atoms. The Hall–Kier alpha value is -1.42. The van der Waals surface area contributed by atoms with Gasteiger partial charge in [0.05, 0.1) is 13.7 Å². The summed E-state index contributed by atoms with van der Waals surface area (Å²) in [5, 5.41) is 0. The maximum Gasteiger partial charge on any atom is 0.165 e. The van der Waals surface area contributed by atoms with Crippen molar-refractivity contribution in [2.45, 2.75) is 38.6 Å². The molecule has 0 heterocycles. The van der Waals surface area contributed by atoms with Crippen LogP contribution in [0.2, 0.25) is 0 Å². The normalized spacial score (nSPS) is 16.2. The van der Waals surface area contributed by atoms with E-state index in [-0.39, 0.29) is 17.5 Å². The number of ketones is 1. The van der Waals surface area contributed by atoms with Crippen LogP contribution >= 0.6 is 0 Å². The molecule has 0 spiro atoms. The second-order valence-corrected chi connectivity index (χ2v) is 5.94. The number of ether oxygens (including phenoxy) is 1. The zero-order valence-corrected chi connectivity index (χ0v) is 12.9. The number of halogens is 1. The van der Waals surface area contributed by atoms with E-state index >= 15 is 0 Å². The Bertz CT molecular complexity index is 484. The van der Waals surface area contributed by atoms with Gasteiger partial charge < -0.3 is 4.74 Å². The minimum Gasteiger partial charge on any atom is -0.494 e. The number of Topliss-reactive ketones (excluding diaryl/α,β-unsaturated/α-hetero) is 1. The van der Waals surface area contributed by atoms with Gasteiger partial charge in [-0.05, 0) is 37.6 Å². The highest BCUT2D eigenvalue weighted by molar-refractivity contribution is 5.83. The summed E-state index contributed by atoms with van der Waals surface area (Å²) >= 11 is 0. The van der Waals surface area contributed by atoms with E-state index in [1.54, 1.807) is 6.07 Å². The second-order valence-electron chi connectivity index (χ2n) is 5.94. The molecule has 0 bridgehead atoms. The molecule has 2 rings (SSSR count). The van der Waals surface area contributed by atoms with Gasteiger partial charge in [0.1, 0.15) is 5.78 Å². The van der Waals surface area contributed by atoms with Crippen molar-refractivity contribution < 1.29 is 13.9 Å². The molecular formula is C17H24FNO2. The summed E-state index contributed by atoms with van der Waals surface area (Å²) in [4.78, 5) is 14.2. The third-order valence-corrected chi connectivity index (χ3v) is 4.15. The topological polar surface area (TPSA) is 29.5 Å². The molecule has 0 radical (unpaired) electrons. The molecule has 0 atom stereocenters. The number of methoxy groups -OCH3 is 1. The van der Waals surface area contributed by atoms with Crippen LogP contribution < -0.4 is 4.74 Å². The van der Waals surface area contributed by atoms with Crippen LogP contribution in [0, 0.1) is 11.7 Å². The maximum absolute atomic E-state index is 13.6. The van der Waals surface area contributed by atoms with Crippen LogP contribution in [0.1, 0.15) is 37.7 Å². The summed E-state index contributed by atoms with van der Waals surface area (Å²) in [7, 11) is 3.36. The number of hydrogen-bond donors (Lipinski definition) is 0. The van der Waals surface area contributed by atoms with Gasteiger partial charge in [-0.1, -0.05) is 25.3 Å². The van der Waals surface area contributed by atoms with Crippen molar-refractivity contribution in [2.75, 3.05) is 20.7 Å². The molecule has 4 heteroatoms. The molecule has 0 amide bonds. The molecule has 0 aliphatic heterocycles. The largest absolute Gasteiger partial charge is 0.494 e. The van der Waals surface area contributed by atoms with Crippen molar-refractivity contribution in [1.29, 1.82) is 0 Å². The van der Waals surface area contributed by atoms with Crippen molar-refractivity contribution in [3.05, 3.63) is 29.6 Å². The van der Waals surface area contributed by atoms with Crippen LogP contribution in [0.4, 0.5) is 4.39 Å². The van der Waals surface area contributed by atoms with E-state index in [0.29, 0.717) is 18.9 Å². The Morgan fingerprint density at radius 1 is 1.33 bits per heavy atom. The van der Waals surface area contributed by atoms with Crippen molar-refractivity contribution >= 4 is 5.78 Å². The fraction of sp³-hybridized carbons (Fsp3) is 0.588. The third kappa shape index (κ3) is 4.53. The number of benzene rings is 1. The van der Waals surface area contributed by atoms with Gasteiger partial charge in [-0.3, -0.25) is 9.69 Å². The molecule has 0 N–H and O–H groups in total. The lowest BCUT2D eigenvalue weighted by molar-refractivity contribution is -0.124. The molecule has 1 aromatic carbocycles. The Morgan fingerprint density at radius 2 is 2.05 bits per heavy atom. The third-order valence-electron chi connectivity index (χ3n) is 4.15. The summed E-state index contributed by atoms with van der Waals surface area (Å²) in [6, 6.07) is 4.94. The van der Waals surface area contributed by atoms with E-state index in [1.807, 2.05) is 18.0 Å². The minimum atomic E-state index is -0.359. The average molecular weight is 293 g/mol. The predicted octanol–water partition coefficient (Wildman–Crippen LogP) is 3.42. The Labute approximate surface area is 126 Å². The lowest BCUT2D eigenvalue weighted by Crippen LogP contribution is -2.31. The van der Waals surface area contributed by atoms with Crippen LogP contribution in [-0.2, 0) is 11.3 Å². The lowest BCUT2D eigenvalue weighted by Gasteiger charge is -2.23. The van der Waals surface area contributed by atoms with E-state index in [9.17, 15) is 9.18 Å². The molecule has 1 fully saturated rings. The molecule has 0 aromatic heterocycles. The van der Waals surface area contributed by atoms with Crippen LogP contribution in [0.3, 0.4) is 0 Å². The Balaban J connectivity index is 1.87. The number of rotatable bonds is 6. The van der Waals surface area contributed by atoms with Gasteiger partial charge in [-0.25, -0.2) is 4.39 Å². The fourth-order valence-corrected chi connectivity index (χ4v) is 3.00. The van der Waals surface area contributed by atoms with Gasteiger partial charge in [0, 0.05) is 12.5 Å². The fourth-order valence-electron chi connectivity index (χ4n) is 3.00. The number of nitrogens with zero attached hydrogens (tertiary/aromatic N) is 1. The van der Waals surface area contributed by atoms with E-state index in [4.69, 9.17) is 4.74 Å². The molecule has 1 aliphatic rings. The van der Waals surface area contributed by atoms with Crippen molar-refractivity contribution in [2.24, 2.45) is 5.92 Å². The van der Waals surface area contributed by atoms with E-state index in [1.165, 1.54) is 32.4 Å². The first kappa shape index (κ1) is 16.0. The highest BCUT2D eigenvalue weighted by Gasteiger charge is 2.21. The summed E-state index contributed by atoms with van der Waals surface area (Å²) < 4.78 is 18.5. The van der Waals surface area contributed by atoms with Crippen molar-refractivity contribution in [3.63, 3.8) is 0 Å². The number of carbonyl (C=O) groups excluding carboxylic acids is 1. The highest BCUT2D eigenvalue weighted by Crippen LogP contribution is 2.24. The zero-order chi connectivity index (χ0) is 15.2. The first-order valence-electron chi connectivity index (χ1n) is 7.64. The van der Waals surface area contributed by atoms with Crippen molar-refractivity contribution in [1.82, 2.24) is 4.90 Å². The summed E-state index contributed by atoms with van der Waals surface area (Å²) in [6.45, 7) is 1.01. The molecule has 116 valence electrons. The van der Waals surface area contributed by atoms with Crippen LogP contribution in [0.15, 0.2) is 18.2 Å². The average Bonchev–Trinajstić information content (AvgIpc) is 2.48. The second kappa shape index (κ2) is 7.55. The van der Waals surface area contributed by atoms with Gasteiger partial charge in [-0.15, -0.1) is 0 Å². The predicted molar refractivity (Wildman–Crippen MR) is 80.9 cm³/mol. The van der Waals surface area contributed by atoms with Crippen molar-refractivity contribution in [3.8, 4) is 5.75 Å². The minimum absolute atomic E-state index is 0.230. The van der Waals surface area contributed by atoms with E-state index in [2.05, 4.69) is 0 Å². The number of carbonyl (C=O) groups is 1. The van der Waals surface area contributed by atoms with Gasteiger partial charge >= 0.3 is 0 Å². The van der Waals surface area contributed by atoms with Gasteiger partial charge in [0.2, 0.25) is 0 Å². The first-order valence-corrected chi connectivity index (χ1v) is 7.64. The lowest BCUT2D eigenvalue weighted by atomic mass is 9.86. The molecule has 1 saturated carbocycles.